The van der Waals surface area contributed by atoms with Crippen LogP contribution in [0.15, 0.2) is 28.7 Å². The van der Waals surface area contributed by atoms with Gasteiger partial charge in [0.15, 0.2) is 0 Å². The zero-order valence-electron chi connectivity index (χ0n) is 7.79. The van der Waals surface area contributed by atoms with E-state index >= 15 is 0 Å². The van der Waals surface area contributed by atoms with Crippen molar-refractivity contribution >= 4 is 15.9 Å². The molecule has 72 valence electrons. The fourth-order valence-electron chi connectivity index (χ4n) is 1.01. The standard InChI is InChI=1S/C10H14BrNO/c1-12-7-2-8-13-10-5-3-9(11)4-6-10/h3-6,12H,2,7-8H2,1H3/p+1. The van der Waals surface area contributed by atoms with E-state index in [9.17, 15) is 0 Å². The van der Waals surface area contributed by atoms with Gasteiger partial charge in [0.05, 0.1) is 20.2 Å². The highest BCUT2D eigenvalue weighted by atomic mass is 79.9. The first-order chi connectivity index (χ1) is 6.33. The molecule has 0 aliphatic heterocycles. The number of hydrogen-bond acceptors (Lipinski definition) is 1. The normalized spacial score (nSPS) is 10.0. The van der Waals surface area contributed by atoms with Crippen LogP contribution in [-0.4, -0.2) is 20.2 Å². The molecule has 1 aromatic carbocycles. The van der Waals surface area contributed by atoms with Crippen LogP contribution in [0.3, 0.4) is 0 Å². The van der Waals surface area contributed by atoms with Gasteiger partial charge in [0.25, 0.3) is 0 Å². The predicted octanol–water partition coefficient (Wildman–Crippen LogP) is 1.41. The molecule has 0 aliphatic carbocycles. The summed E-state index contributed by atoms with van der Waals surface area (Å²) < 4.78 is 6.61. The Morgan fingerprint density at radius 3 is 2.62 bits per heavy atom. The SMILES string of the molecule is C[NH2+]CCCOc1ccc(Br)cc1. The Morgan fingerprint density at radius 2 is 2.00 bits per heavy atom. The summed E-state index contributed by atoms with van der Waals surface area (Å²) in [5, 5.41) is 2.16. The second kappa shape index (κ2) is 6.00. The molecule has 3 heteroatoms. The van der Waals surface area contributed by atoms with Gasteiger partial charge in [-0.05, 0) is 24.3 Å². The van der Waals surface area contributed by atoms with Crippen LogP contribution < -0.4 is 10.1 Å². The lowest BCUT2D eigenvalue weighted by molar-refractivity contribution is -0.627. The molecule has 0 saturated carbocycles. The van der Waals surface area contributed by atoms with Crippen molar-refractivity contribution in [2.45, 2.75) is 6.42 Å². The quantitative estimate of drug-likeness (QED) is 0.780. The van der Waals surface area contributed by atoms with Crippen LogP contribution in [-0.2, 0) is 0 Å². The highest BCUT2D eigenvalue weighted by molar-refractivity contribution is 9.10. The molecule has 2 N–H and O–H groups in total. The highest BCUT2D eigenvalue weighted by Gasteiger charge is 1.93. The minimum absolute atomic E-state index is 0.798. The summed E-state index contributed by atoms with van der Waals surface area (Å²) in [6.07, 6.45) is 1.09. The summed E-state index contributed by atoms with van der Waals surface area (Å²) in [5.74, 6) is 0.944. The van der Waals surface area contributed by atoms with E-state index in [1.165, 1.54) is 0 Å². The van der Waals surface area contributed by atoms with E-state index in [1.54, 1.807) is 0 Å². The summed E-state index contributed by atoms with van der Waals surface area (Å²) >= 11 is 3.38. The predicted molar refractivity (Wildman–Crippen MR) is 57.0 cm³/mol. The van der Waals surface area contributed by atoms with Crippen LogP contribution in [0.1, 0.15) is 6.42 Å². The lowest BCUT2D eigenvalue weighted by Gasteiger charge is -2.04. The Morgan fingerprint density at radius 1 is 1.31 bits per heavy atom. The molecule has 0 atom stereocenters. The van der Waals surface area contributed by atoms with Crippen molar-refractivity contribution in [3.63, 3.8) is 0 Å². The van der Waals surface area contributed by atoms with Gasteiger partial charge in [-0.3, -0.25) is 0 Å². The van der Waals surface area contributed by atoms with Gasteiger partial charge in [-0.2, -0.15) is 0 Å². The minimum atomic E-state index is 0.798. The first kappa shape index (κ1) is 10.5. The molecule has 2 nitrogen and oxygen atoms in total. The molecule has 1 rings (SSSR count). The smallest absolute Gasteiger partial charge is 0.119 e. The fraction of sp³-hybridized carbons (Fsp3) is 0.400. The second-order valence-corrected chi connectivity index (χ2v) is 3.77. The number of halogens is 1. The molecule has 0 unspecified atom stereocenters. The maximum atomic E-state index is 5.52. The van der Waals surface area contributed by atoms with Gasteiger partial charge >= 0.3 is 0 Å². The lowest BCUT2D eigenvalue weighted by Crippen LogP contribution is -2.79. The number of rotatable bonds is 5. The third-order valence-corrected chi connectivity index (χ3v) is 2.25. The number of quaternary nitrogens is 1. The fourth-order valence-corrected chi connectivity index (χ4v) is 1.27. The molecule has 0 saturated heterocycles. The monoisotopic (exact) mass is 244 g/mol. The molecule has 0 aliphatic rings. The maximum Gasteiger partial charge on any atom is 0.119 e. The molecule has 0 heterocycles. The minimum Gasteiger partial charge on any atom is -0.493 e. The maximum absolute atomic E-state index is 5.52. The van der Waals surface area contributed by atoms with E-state index in [-0.39, 0.29) is 0 Å². The molecule has 0 bridgehead atoms. The summed E-state index contributed by atoms with van der Waals surface area (Å²) in [7, 11) is 2.07. The van der Waals surface area contributed by atoms with Crippen LogP contribution >= 0.6 is 15.9 Å². The molecule has 0 spiro atoms. The molecule has 13 heavy (non-hydrogen) atoms. The lowest BCUT2D eigenvalue weighted by atomic mass is 10.3. The van der Waals surface area contributed by atoms with Gasteiger partial charge in [0.2, 0.25) is 0 Å². The van der Waals surface area contributed by atoms with E-state index in [4.69, 9.17) is 4.74 Å². The summed E-state index contributed by atoms with van der Waals surface area (Å²) in [4.78, 5) is 0. The van der Waals surface area contributed by atoms with E-state index in [0.29, 0.717) is 0 Å². The molecular weight excluding hydrogens is 230 g/mol. The van der Waals surface area contributed by atoms with Gasteiger partial charge in [0, 0.05) is 10.9 Å². The van der Waals surface area contributed by atoms with Gasteiger partial charge in [-0.1, -0.05) is 15.9 Å². The van der Waals surface area contributed by atoms with Crippen LogP contribution in [0.2, 0.25) is 0 Å². The summed E-state index contributed by atoms with van der Waals surface area (Å²) in [5.41, 5.74) is 0. The average molecular weight is 245 g/mol. The van der Waals surface area contributed by atoms with Crippen molar-refractivity contribution in [2.75, 3.05) is 20.2 Å². The van der Waals surface area contributed by atoms with Crippen LogP contribution in [0.5, 0.6) is 5.75 Å². The largest absolute Gasteiger partial charge is 0.493 e. The van der Waals surface area contributed by atoms with Crippen LogP contribution in [0.25, 0.3) is 0 Å². The number of hydrogen-bond donors (Lipinski definition) is 1. The van der Waals surface area contributed by atoms with Gasteiger partial charge in [0.1, 0.15) is 5.75 Å². The molecule has 0 fully saturated rings. The van der Waals surface area contributed by atoms with Gasteiger partial charge in [-0.25, -0.2) is 0 Å². The molecule has 0 radical (unpaired) electrons. The van der Waals surface area contributed by atoms with E-state index in [2.05, 4.69) is 28.3 Å². The Balaban J connectivity index is 2.25. The third kappa shape index (κ3) is 4.29. The Kier molecular flexibility index (Phi) is 4.86. The first-order valence-corrected chi connectivity index (χ1v) is 5.28. The van der Waals surface area contributed by atoms with Crippen LogP contribution in [0.4, 0.5) is 0 Å². The number of nitrogens with two attached hydrogens (primary N) is 1. The third-order valence-electron chi connectivity index (χ3n) is 1.72. The Hall–Kier alpha value is -0.540. The molecular formula is C10H15BrNO+. The summed E-state index contributed by atoms with van der Waals surface area (Å²) in [6.45, 7) is 1.92. The van der Waals surface area contributed by atoms with Crippen molar-refractivity contribution in [2.24, 2.45) is 0 Å². The number of ether oxygens (including phenoxy) is 1. The molecule has 1 aromatic rings. The zero-order chi connectivity index (χ0) is 9.52. The van der Waals surface area contributed by atoms with Crippen LogP contribution in [0, 0.1) is 0 Å². The van der Waals surface area contributed by atoms with E-state index < -0.39 is 0 Å². The Labute approximate surface area is 87.4 Å². The van der Waals surface area contributed by atoms with Gasteiger partial charge < -0.3 is 10.1 Å². The molecule has 0 amide bonds. The van der Waals surface area contributed by atoms with E-state index in [1.807, 2.05) is 24.3 Å². The first-order valence-electron chi connectivity index (χ1n) is 4.49. The van der Waals surface area contributed by atoms with Crippen molar-refractivity contribution in [1.82, 2.24) is 0 Å². The summed E-state index contributed by atoms with van der Waals surface area (Å²) in [6, 6.07) is 7.92. The van der Waals surface area contributed by atoms with Crippen molar-refractivity contribution in [3.05, 3.63) is 28.7 Å². The average Bonchev–Trinajstić information content (AvgIpc) is 2.15. The Bertz CT molecular complexity index is 235. The van der Waals surface area contributed by atoms with Crippen molar-refractivity contribution in [3.8, 4) is 5.75 Å². The zero-order valence-corrected chi connectivity index (χ0v) is 9.38. The topological polar surface area (TPSA) is 25.8 Å². The van der Waals surface area contributed by atoms with Crippen molar-refractivity contribution in [1.29, 1.82) is 0 Å². The highest BCUT2D eigenvalue weighted by Crippen LogP contribution is 2.15. The van der Waals surface area contributed by atoms with Crippen molar-refractivity contribution < 1.29 is 10.1 Å². The van der Waals surface area contributed by atoms with Gasteiger partial charge in [-0.15, -0.1) is 0 Å². The van der Waals surface area contributed by atoms with E-state index in [0.717, 1.165) is 29.8 Å². The second-order valence-electron chi connectivity index (χ2n) is 2.85. The number of benzene rings is 1. The molecule has 0 aromatic heterocycles.